The van der Waals surface area contributed by atoms with Gasteiger partial charge in [0.15, 0.2) is 0 Å². The first kappa shape index (κ1) is 14.9. The lowest BCUT2D eigenvalue weighted by Gasteiger charge is -2.09. The number of hydrogen-bond donors (Lipinski definition) is 1. The van der Waals surface area contributed by atoms with Crippen LogP contribution in [0.3, 0.4) is 0 Å². The summed E-state index contributed by atoms with van der Waals surface area (Å²) in [5, 5.41) is 0.443. The van der Waals surface area contributed by atoms with Crippen LogP contribution >= 0.6 is 27.5 Å². The third kappa shape index (κ3) is 3.34. The molecule has 0 fully saturated rings. The zero-order valence-corrected chi connectivity index (χ0v) is 13.3. The van der Waals surface area contributed by atoms with Crippen molar-refractivity contribution < 1.29 is 8.42 Å². The molecular weight excluding hydrogens is 362 g/mol. The SMILES string of the molecule is C#Cc1cccc(NS(=O)(=O)c2ccc(Cl)c(Br)c2)c1. The zero-order chi connectivity index (χ0) is 14.8. The van der Waals surface area contributed by atoms with E-state index in [0.29, 0.717) is 20.7 Å². The molecule has 0 aliphatic carbocycles. The van der Waals surface area contributed by atoms with Crippen molar-refractivity contribution in [3.63, 3.8) is 0 Å². The van der Waals surface area contributed by atoms with Gasteiger partial charge in [-0.25, -0.2) is 8.42 Å². The van der Waals surface area contributed by atoms with E-state index in [2.05, 4.69) is 26.6 Å². The van der Waals surface area contributed by atoms with Crippen LogP contribution in [0.4, 0.5) is 5.69 Å². The van der Waals surface area contributed by atoms with Gasteiger partial charge in [-0.05, 0) is 52.3 Å². The van der Waals surface area contributed by atoms with E-state index < -0.39 is 10.0 Å². The van der Waals surface area contributed by atoms with E-state index in [1.165, 1.54) is 18.2 Å². The number of anilines is 1. The highest BCUT2D eigenvalue weighted by Gasteiger charge is 2.15. The summed E-state index contributed by atoms with van der Waals surface area (Å²) in [5.74, 6) is 2.45. The van der Waals surface area contributed by atoms with Gasteiger partial charge in [-0.1, -0.05) is 23.6 Å². The van der Waals surface area contributed by atoms with Gasteiger partial charge in [-0.15, -0.1) is 6.42 Å². The van der Waals surface area contributed by atoms with E-state index >= 15 is 0 Å². The van der Waals surface area contributed by atoms with Crippen LogP contribution in [0.15, 0.2) is 51.8 Å². The molecule has 6 heteroatoms. The van der Waals surface area contributed by atoms with Crippen LogP contribution in [0.1, 0.15) is 5.56 Å². The second-order valence-corrected chi connectivity index (χ2v) is 6.85. The topological polar surface area (TPSA) is 46.2 Å². The first-order valence-corrected chi connectivity index (χ1v) is 8.12. The average molecular weight is 371 g/mol. The van der Waals surface area contributed by atoms with Gasteiger partial charge < -0.3 is 0 Å². The largest absolute Gasteiger partial charge is 0.280 e. The number of benzene rings is 2. The zero-order valence-electron chi connectivity index (χ0n) is 10.1. The molecule has 0 heterocycles. The molecule has 0 saturated heterocycles. The second kappa shape index (κ2) is 5.88. The van der Waals surface area contributed by atoms with Crippen molar-refractivity contribution in [1.82, 2.24) is 0 Å². The Morgan fingerprint density at radius 2 is 1.95 bits per heavy atom. The van der Waals surface area contributed by atoms with E-state index in [1.54, 1.807) is 24.3 Å². The average Bonchev–Trinajstić information content (AvgIpc) is 2.41. The first-order chi connectivity index (χ1) is 9.42. The molecule has 0 aliphatic rings. The molecular formula is C14H9BrClNO2S. The second-order valence-electron chi connectivity index (χ2n) is 3.91. The molecule has 2 aromatic carbocycles. The monoisotopic (exact) mass is 369 g/mol. The summed E-state index contributed by atoms with van der Waals surface area (Å²) in [6.45, 7) is 0. The number of nitrogens with one attached hydrogen (secondary N) is 1. The summed E-state index contributed by atoms with van der Waals surface area (Å²) in [6.07, 6.45) is 5.28. The Morgan fingerprint density at radius 1 is 1.20 bits per heavy atom. The normalized spacial score (nSPS) is 10.8. The lowest BCUT2D eigenvalue weighted by atomic mass is 10.2. The summed E-state index contributed by atoms with van der Waals surface area (Å²) in [4.78, 5) is 0.111. The molecule has 3 nitrogen and oxygen atoms in total. The van der Waals surface area contributed by atoms with Gasteiger partial charge in [0.2, 0.25) is 0 Å². The number of halogens is 2. The van der Waals surface area contributed by atoms with Crippen LogP contribution in [0, 0.1) is 12.3 Å². The van der Waals surface area contributed by atoms with Crippen molar-refractivity contribution in [3.8, 4) is 12.3 Å². The van der Waals surface area contributed by atoms with Gasteiger partial charge in [-0.2, -0.15) is 0 Å². The first-order valence-electron chi connectivity index (χ1n) is 5.47. The van der Waals surface area contributed by atoms with Crippen molar-refractivity contribution >= 4 is 43.2 Å². The number of rotatable bonds is 3. The third-order valence-electron chi connectivity index (χ3n) is 2.48. The van der Waals surface area contributed by atoms with Gasteiger partial charge in [0.1, 0.15) is 0 Å². The molecule has 1 N–H and O–H groups in total. The van der Waals surface area contributed by atoms with E-state index in [1.807, 2.05) is 0 Å². The Kier molecular flexibility index (Phi) is 4.39. The molecule has 0 atom stereocenters. The standard InChI is InChI=1S/C14H9BrClNO2S/c1-2-10-4-3-5-11(8-10)17-20(18,19)12-6-7-14(16)13(15)9-12/h1,3-9,17H. The van der Waals surface area contributed by atoms with Gasteiger partial charge in [0, 0.05) is 10.0 Å². The smallest absolute Gasteiger partial charge is 0.261 e. The summed E-state index contributed by atoms with van der Waals surface area (Å²) in [5.41, 5.74) is 1.01. The van der Waals surface area contributed by atoms with Gasteiger partial charge in [-0.3, -0.25) is 4.72 Å². The Labute approximate surface area is 131 Å². The molecule has 0 saturated carbocycles. The van der Waals surface area contributed by atoms with Crippen molar-refractivity contribution in [2.45, 2.75) is 4.90 Å². The highest BCUT2D eigenvalue weighted by Crippen LogP contribution is 2.26. The molecule has 0 aliphatic heterocycles. The quantitative estimate of drug-likeness (QED) is 0.833. The van der Waals surface area contributed by atoms with Crippen LogP contribution in [-0.4, -0.2) is 8.42 Å². The van der Waals surface area contributed by atoms with Crippen molar-refractivity contribution in [3.05, 3.63) is 57.5 Å². The minimum absolute atomic E-state index is 0.111. The van der Waals surface area contributed by atoms with Crippen LogP contribution in [0.2, 0.25) is 5.02 Å². The fraction of sp³-hybridized carbons (Fsp3) is 0. The highest BCUT2D eigenvalue weighted by atomic mass is 79.9. The Bertz CT molecular complexity index is 797. The number of hydrogen-bond acceptors (Lipinski definition) is 2. The summed E-state index contributed by atoms with van der Waals surface area (Å²) in [7, 11) is -3.68. The van der Waals surface area contributed by atoms with Crippen molar-refractivity contribution in [2.75, 3.05) is 4.72 Å². The van der Waals surface area contributed by atoms with E-state index in [0.717, 1.165) is 0 Å². The van der Waals surface area contributed by atoms with E-state index in [-0.39, 0.29) is 4.90 Å². The molecule has 0 bridgehead atoms. The van der Waals surface area contributed by atoms with Crippen molar-refractivity contribution in [1.29, 1.82) is 0 Å². The fourth-order valence-electron chi connectivity index (χ4n) is 1.53. The Morgan fingerprint density at radius 3 is 2.60 bits per heavy atom. The van der Waals surface area contributed by atoms with E-state index in [4.69, 9.17) is 18.0 Å². The molecule has 102 valence electrons. The van der Waals surface area contributed by atoms with Crippen LogP contribution in [0.5, 0.6) is 0 Å². The lowest BCUT2D eigenvalue weighted by Crippen LogP contribution is -2.13. The molecule has 0 spiro atoms. The summed E-state index contributed by atoms with van der Waals surface area (Å²) in [6, 6.07) is 11.0. The fourth-order valence-corrected chi connectivity index (χ4v) is 3.25. The molecule has 0 unspecified atom stereocenters. The summed E-state index contributed by atoms with van der Waals surface area (Å²) < 4.78 is 27.5. The molecule has 2 rings (SSSR count). The molecule has 0 amide bonds. The number of terminal acetylenes is 1. The Hall–Kier alpha value is -1.48. The predicted molar refractivity (Wildman–Crippen MR) is 84.3 cm³/mol. The van der Waals surface area contributed by atoms with Crippen LogP contribution < -0.4 is 4.72 Å². The van der Waals surface area contributed by atoms with Gasteiger partial charge >= 0.3 is 0 Å². The molecule has 0 radical (unpaired) electrons. The minimum atomic E-state index is -3.68. The Balaban J connectivity index is 2.35. The predicted octanol–water partition coefficient (Wildman–Crippen LogP) is 3.88. The number of sulfonamides is 1. The van der Waals surface area contributed by atoms with Gasteiger partial charge in [0.05, 0.1) is 15.6 Å². The lowest BCUT2D eigenvalue weighted by molar-refractivity contribution is 0.601. The van der Waals surface area contributed by atoms with Crippen LogP contribution in [-0.2, 0) is 10.0 Å². The maximum atomic E-state index is 12.2. The molecule has 2 aromatic rings. The highest BCUT2D eigenvalue weighted by molar-refractivity contribution is 9.10. The molecule has 20 heavy (non-hydrogen) atoms. The third-order valence-corrected chi connectivity index (χ3v) is 5.08. The molecule has 0 aromatic heterocycles. The maximum absolute atomic E-state index is 12.2. The van der Waals surface area contributed by atoms with E-state index in [9.17, 15) is 8.42 Å². The van der Waals surface area contributed by atoms with Crippen molar-refractivity contribution in [2.24, 2.45) is 0 Å². The van der Waals surface area contributed by atoms with Gasteiger partial charge in [0.25, 0.3) is 10.0 Å². The maximum Gasteiger partial charge on any atom is 0.261 e. The summed E-state index contributed by atoms with van der Waals surface area (Å²) >= 11 is 9.04. The minimum Gasteiger partial charge on any atom is -0.280 e. The van der Waals surface area contributed by atoms with Crippen LogP contribution in [0.25, 0.3) is 0 Å².